The van der Waals surface area contributed by atoms with Crippen molar-refractivity contribution in [1.29, 1.82) is 0 Å². The van der Waals surface area contributed by atoms with Crippen LogP contribution in [0.4, 0.5) is 0 Å². The van der Waals surface area contributed by atoms with Gasteiger partial charge in [-0.2, -0.15) is 4.52 Å². The Morgan fingerprint density at radius 1 is 1.23 bits per heavy atom. The molecule has 1 amide bonds. The summed E-state index contributed by atoms with van der Waals surface area (Å²) in [4.78, 5) is 28.0. The first kappa shape index (κ1) is 23.4. The third-order valence-corrected chi connectivity index (χ3v) is 8.05. The molecule has 2 aromatic heterocycles. The van der Waals surface area contributed by atoms with Gasteiger partial charge in [0.05, 0.1) is 17.1 Å². The van der Waals surface area contributed by atoms with E-state index in [2.05, 4.69) is 25.0 Å². The maximum absolute atomic E-state index is 13.1. The molecule has 186 valence electrons. The number of ether oxygens (including phenoxy) is 1. The maximum atomic E-state index is 13.1. The van der Waals surface area contributed by atoms with E-state index in [1.165, 1.54) is 21.5 Å². The second-order valence-corrected chi connectivity index (χ2v) is 10.6. The van der Waals surface area contributed by atoms with Crippen molar-refractivity contribution in [2.75, 3.05) is 19.7 Å². The van der Waals surface area contributed by atoms with E-state index in [0.29, 0.717) is 49.7 Å². The molecule has 1 aliphatic carbocycles. The summed E-state index contributed by atoms with van der Waals surface area (Å²) in [7, 11) is -3.90. The number of rotatable bonds is 8. The molecule has 3 aromatic rings. The number of fused-ring (bicyclic) bond motifs is 1. The number of aromatic amines is 1. The highest BCUT2D eigenvalue weighted by Crippen LogP contribution is 2.34. The van der Waals surface area contributed by atoms with E-state index in [4.69, 9.17) is 4.74 Å². The molecular weight excluding hydrogens is 474 g/mol. The molecule has 1 aliphatic heterocycles. The Morgan fingerprint density at radius 2 is 2.03 bits per heavy atom. The molecule has 0 radical (unpaired) electrons. The van der Waals surface area contributed by atoms with Crippen LogP contribution in [-0.2, 0) is 14.8 Å². The average Bonchev–Trinajstić information content (AvgIpc) is 3.60. The smallest absolute Gasteiger partial charge is 0.296 e. The average molecular weight is 502 g/mol. The highest BCUT2D eigenvalue weighted by atomic mass is 32.2. The monoisotopic (exact) mass is 501 g/mol. The molecule has 1 saturated carbocycles. The van der Waals surface area contributed by atoms with Crippen molar-refractivity contribution in [3.8, 4) is 17.1 Å². The standard InChI is InChI=1S/C22H27N7O5S/c1-2-34-18-8-7-16(35(32,33)27-15-9-10-28(12-15)13-30)11-17(18)19-23-22(31)21-25-24-20(29(21)26-19)14-5-3-4-6-14/h7-8,11,13-15,27H,2-6,9-10,12H2,1H3,(H,23,26,31). The summed E-state index contributed by atoms with van der Waals surface area (Å²) in [5, 5.41) is 12.8. The molecule has 1 aromatic carbocycles. The molecular formula is C22H27N7O5S. The molecule has 1 saturated heterocycles. The Balaban J connectivity index is 1.56. The molecule has 1 unspecified atom stereocenters. The number of nitrogens with one attached hydrogen (secondary N) is 2. The summed E-state index contributed by atoms with van der Waals surface area (Å²) in [6.45, 7) is 2.97. The quantitative estimate of drug-likeness (QED) is 0.435. The molecule has 1 atom stereocenters. The van der Waals surface area contributed by atoms with Crippen molar-refractivity contribution in [3.63, 3.8) is 0 Å². The minimum absolute atomic E-state index is 0.00280. The first-order valence-electron chi connectivity index (χ1n) is 11.7. The first-order valence-corrected chi connectivity index (χ1v) is 13.2. The number of benzene rings is 1. The largest absolute Gasteiger partial charge is 0.493 e. The zero-order valence-electron chi connectivity index (χ0n) is 19.3. The Hall–Kier alpha value is -3.32. The van der Waals surface area contributed by atoms with Crippen LogP contribution in [-0.4, -0.2) is 70.3 Å². The van der Waals surface area contributed by atoms with Crippen LogP contribution in [0.25, 0.3) is 17.0 Å². The van der Waals surface area contributed by atoms with Gasteiger partial charge in [-0.05, 0) is 44.4 Å². The number of likely N-dealkylation sites (tertiary alicyclic amines) is 1. The molecule has 2 aliphatic rings. The fraction of sp³-hybridized carbons (Fsp3) is 0.500. The second kappa shape index (κ2) is 9.38. The predicted molar refractivity (Wildman–Crippen MR) is 126 cm³/mol. The first-order chi connectivity index (χ1) is 16.9. The van der Waals surface area contributed by atoms with E-state index >= 15 is 0 Å². The lowest BCUT2D eigenvalue weighted by Gasteiger charge is -2.15. The Labute approximate surface area is 201 Å². The molecule has 12 nitrogen and oxygen atoms in total. The molecule has 35 heavy (non-hydrogen) atoms. The summed E-state index contributed by atoms with van der Waals surface area (Å²) in [6.07, 6.45) is 5.33. The fourth-order valence-corrected chi connectivity index (χ4v) is 6.08. The lowest BCUT2D eigenvalue weighted by molar-refractivity contribution is -0.117. The zero-order valence-corrected chi connectivity index (χ0v) is 20.1. The van der Waals surface area contributed by atoms with Gasteiger partial charge in [0.15, 0.2) is 11.6 Å². The molecule has 13 heteroatoms. The van der Waals surface area contributed by atoms with Gasteiger partial charge in [0.1, 0.15) is 5.75 Å². The highest BCUT2D eigenvalue weighted by molar-refractivity contribution is 7.89. The SMILES string of the molecule is CCOc1ccc(S(=O)(=O)NC2CCN(C=O)C2)cc1-c1nn2c(C3CCCC3)nnc2c(=O)[nH]1. The Morgan fingerprint density at radius 3 is 2.74 bits per heavy atom. The minimum atomic E-state index is -3.90. The topological polar surface area (TPSA) is 152 Å². The van der Waals surface area contributed by atoms with Crippen molar-refractivity contribution in [2.45, 2.75) is 55.9 Å². The van der Waals surface area contributed by atoms with E-state index in [0.717, 1.165) is 25.7 Å². The summed E-state index contributed by atoms with van der Waals surface area (Å²) in [5.74, 6) is 1.36. The van der Waals surface area contributed by atoms with E-state index in [9.17, 15) is 18.0 Å². The molecule has 2 fully saturated rings. The predicted octanol–water partition coefficient (Wildman–Crippen LogP) is 1.04. The van der Waals surface area contributed by atoms with Crippen LogP contribution >= 0.6 is 0 Å². The molecule has 5 rings (SSSR count). The number of sulfonamides is 1. The second-order valence-electron chi connectivity index (χ2n) is 8.88. The van der Waals surface area contributed by atoms with Gasteiger partial charge in [-0.25, -0.2) is 13.1 Å². The molecule has 2 N–H and O–H groups in total. The van der Waals surface area contributed by atoms with Crippen LogP contribution in [0.1, 0.15) is 50.8 Å². The van der Waals surface area contributed by atoms with Crippen molar-refractivity contribution in [2.24, 2.45) is 0 Å². The highest BCUT2D eigenvalue weighted by Gasteiger charge is 2.28. The normalized spacial score (nSPS) is 19.0. The van der Waals surface area contributed by atoms with Crippen LogP contribution in [0.5, 0.6) is 5.75 Å². The summed E-state index contributed by atoms with van der Waals surface area (Å²) in [5.41, 5.74) is -0.0405. The number of carbonyl (C=O) groups is 1. The van der Waals surface area contributed by atoms with Crippen molar-refractivity contribution in [1.82, 2.24) is 34.4 Å². The van der Waals surface area contributed by atoms with Gasteiger partial charge < -0.3 is 14.6 Å². The third kappa shape index (κ3) is 4.52. The molecule has 3 heterocycles. The van der Waals surface area contributed by atoms with Gasteiger partial charge in [0.2, 0.25) is 22.1 Å². The number of carbonyl (C=O) groups excluding carboxylic acids is 1. The summed E-state index contributed by atoms with van der Waals surface area (Å²) in [6, 6.07) is 4.06. The van der Waals surface area contributed by atoms with Gasteiger partial charge >= 0.3 is 0 Å². The number of aromatic nitrogens is 5. The van der Waals surface area contributed by atoms with Gasteiger partial charge in [0.25, 0.3) is 5.56 Å². The van der Waals surface area contributed by atoms with Crippen LogP contribution in [0.2, 0.25) is 0 Å². The summed E-state index contributed by atoms with van der Waals surface area (Å²) >= 11 is 0. The van der Waals surface area contributed by atoms with Gasteiger partial charge in [-0.15, -0.1) is 15.3 Å². The lowest BCUT2D eigenvalue weighted by atomic mass is 10.1. The number of H-pyrrole nitrogens is 1. The van der Waals surface area contributed by atoms with Crippen molar-refractivity contribution < 1.29 is 17.9 Å². The Bertz CT molecular complexity index is 1410. The van der Waals surface area contributed by atoms with Gasteiger partial charge in [-0.1, -0.05) is 12.8 Å². The Kier molecular flexibility index (Phi) is 6.28. The number of hydrogen-bond donors (Lipinski definition) is 2. The van der Waals surface area contributed by atoms with Crippen molar-refractivity contribution in [3.05, 3.63) is 34.4 Å². The fourth-order valence-electron chi connectivity index (χ4n) is 4.79. The third-order valence-electron chi connectivity index (χ3n) is 6.53. The summed E-state index contributed by atoms with van der Waals surface area (Å²) < 4.78 is 36.1. The minimum Gasteiger partial charge on any atom is -0.493 e. The van der Waals surface area contributed by atoms with Gasteiger partial charge in [-0.3, -0.25) is 9.59 Å². The van der Waals surface area contributed by atoms with E-state index in [1.54, 1.807) is 6.07 Å². The van der Waals surface area contributed by atoms with Gasteiger partial charge in [0, 0.05) is 25.0 Å². The van der Waals surface area contributed by atoms with E-state index < -0.39 is 15.6 Å². The zero-order chi connectivity index (χ0) is 24.6. The number of hydrogen-bond acceptors (Lipinski definition) is 8. The van der Waals surface area contributed by atoms with Crippen LogP contribution in [0.3, 0.4) is 0 Å². The number of amides is 1. The van der Waals surface area contributed by atoms with Crippen LogP contribution < -0.4 is 15.0 Å². The van der Waals surface area contributed by atoms with Crippen LogP contribution in [0, 0.1) is 0 Å². The molecule has 0 bridgehead atoms. The number of nitrogens with zero attached hydrogens (tertiary/aromatic N) is 5. The lowest BCUT2D eigenvalue weighted by Crippen LogP contribution is -2.36. The van der Waals surface area contributed by atoms with E-state index in [-0.39, 0.29) is 28.3 Å². The van der Waals surface area contributed by atoms with Crippen molar-refractivity contribution >= 4 is 22.1 Å². The maximum Gasteiger partial charge on any atom is 0.296 e. The van der Waals surface area contributed by atoms with E-state index in [1.807, 2.05) is 6.92 Å². The van der Waals surface area contributed by atoms with Crippen LogP contribution in [0.15, 0.2) is 27.9 Å². The molecule has 0 spiro atoms.